The fraction of sp³-hybridized carbons (Fsp3) is 0.300. The van der Waals surface area contributed by atoms with E-state index < -0.39 is 0 Å². The fourth-order valence-electron chi connectivity index (χ4n) is 1.16. The van der Waals surface area contributed by atoms with Crippen LogP contribution in [0, 0.1) is 14.9 Å². The van der Waals surface area contributed by atoms with Crippen molar-refractivity contribution in [2.24, 2.45) is 0 Å². The Bertz CT molecular complexity index is 330. The molecule has 0 N–H and O–H groups in total. The molecule has 3 heteroatoms. The van der Waals surface area contributed by atoms with Crippen LogP contribution >= 0.6 is 38.5 Å². The van der Waals surface area contributed by atoms with E-state index >= 15 is 0 Å². The van der Waals surface area contributed by atoms with Gasteiger partial charge in [-0.1, -0.05) is 22.0 Å². The molecular weight excluding hydrogens is 341 g/mol. The first-order valence-corrected chi connectivity index (χ1v) is 6.23. The molecule has 0 atom stereocenters. The predicted octanol–water partition coefficient (Wildman–Crippen LogP) is 3.49. The number of alkyl halides is 1. The van der Waals surface area contributed by atoms with Gasteiger partial charge in [0, 0.05) is 8.90 Å². The van der Waals surface area contributed by atoms with Gasteiger partial charge in [-0.15, -0.1) is 0 Å². The molecule has 0 amide bonds. The normalized spacial score (nSPS) is 9.62. The van der Waals surface area contributed by atoms with Crippen LogP contribution in [0.25, 0.3) is 0 Å². The van der Waals surface area contributed by atoms with Gasteiger partial charge in [0.05, 0.1) is 11.6 Å². The van der Waals surface area contributed by atoms with Gasteiger partial charge in [-0.05, 0) is 53.1 Å². The third kappa shape index (κ3) is 2.96. The first kappa shape index (κ1) is 11.0. The second kappa shape index (κ2) is 5.61. The number of rotatable bonds is 3. The Morgan fingerprint density at radius 1 is 1.46 bits per heavy atom. The first-order chi connectivity index (χ1) is 6.29. The summed E-state index contributed by atoms with van der Waals surface area (Å²) < 4.78 is 1.19. The molecule has 1 aromatic rings. The number of benzene rings is 1. The lowest BCUT2D eigenvalue weighted by atomic mass is 10.0. The van der Waals surface area contributed by atoms with Crippen LogP contribution in [0.15, 0.2) is 18.2 Å². The highest BCUT2D eigenvalue weighted by Crippen LogP contribution is 2.18. The van der Waals surface area contributed by atoms with Crippen molar-refractivity contribution < 1.29 is 0 Å². The molecule has 13 heavy (non-hydrogen) atoms. The molecule has 1 aromatic carbocycles. The van der Waals surface area contributed by atoms with Crippen LogP contribution in [0.3, 0.4) is 0 Å². The summed E-state index contributed by atoms with van der Waals surface area (Å²) in [6, 6.07) is 8.08. The molecule has 0 spiro atoms. The molecule has 1 nitrogen and oxygen atoms in total. The summed E-state index contributed by atoms with van der Waals surface area (Å²) >= 11 is 5.68. The molecule has 0 unspecified atom stereocenters. The number of hydrogen-bond donors (Lipinski definition) is 0. The van der Waals surface area contributed by atoms with E-state index in [4.69, 9.17) is 5.26 Å². The lowest BCUT2D eigenvalue weighted by Gasteiger charge is -2.04. The van der Waals surface area contributed by atoms with Gasteiger partial charge in [0.2, 0.25) is 0 Å². The van der Waals surface area contributed by atoms with Gasteiger partial charge in [-0.3, -0.25) is 0 Å². The molecule has 0 bridgehead atoms. The Morgan fingerprint density at radius 3 is 2.85 bits per heavy atom. The zero-order valence-electron chi connectivity index (χ0n) is 7.06. The molecular formula is C10H9BrIN. The smallest absolute Gasteiger partial charge is 0.0994 e. The number of halogens is 2. The second-order valence-corrected chi connectivity index (χ2v) is 4.63. The van der Waals surface area contributed by atoms with Crippen molar-refractivity contribution in [3.8, 4) is 6.07 Å². The van der Waals surface area contributed by atoms with Gasteiger partial charge in [-0.2, -0.15) is 5.26 Å². The third-order valence-corrected chi connectivity index (χ3v) is 3.37. The van der Waals surface area contributed by atoms with Gasteiger partial charge in [0.1, 0.15) is 0 Å². The molecule has 0 aliphatic carbocycles. The summed E-state index contributed by atoms with van der Waals surface area (Å²) in [5.41, 5.74) is 2.00. The lowest BCUT2D eigenvalue weighted by Crippen LogP contribution is -1.94. The van der Waals surface area contributed by atoms with E-state index in [-0.39, 0.29) is 0 Å². The van der Waals surface area contributed by atoms with Gasteiger partial charge < -0.3 is 0 Å². The Kier molecular flexibility index (Phi) is 4.74. The molecule has 0 fully saturated rings. The first-order valence-electron chi connectivity index (χ1n) is 4.03. The van der Waals surface area contributed by atoms with Crippen LogP contribution in [0.2, 0.25) is 0 Å². The highest BCUT2D eigenvalue weighted by Gasteiger charge is 2.04. The van der Waals surface area contributed by atoms with E-state index in [1.54, 1.807) is 0 Å². The Morgan fingerprint density at radius 2 is 2.23 bits per heavy atom. The minimum Gasteiger partial charge on any atom is -0.192 e. The van der Waals surface area contributed by atoms with E-state index in [2.05, 4.69) is 44.6 Å². The van der Waals surface area contributed by atoms with Crippen molar-refractivity contribution in [2.75, 3.05) is 5.33 Å². The number of nitrogens with zero attached hydrogens (tertiary/aromatic N) is 1. The van der Waals surface area contributed by atoms with Crippen LogP contribution in [0.5, 0.6) is 0 Å². The van der Waals surface area contributed by atoms with Crippen molar-refractivity contribution in [3.05, 3.63) is 32.9 Å². The van der Waals surface area contributed by atoms with E-state index in [0.29, 0.717) is 0 Å². The zero-order valence-corrected chi connectivity index (χ0v) is 10.8. The van der Waals surface area contributed by atoms with E-state index in [1.165, 1.54) is 9.13 Å². The van der Waals surface area contributed by atoms with Crippen molar-refractivity contribution in [1.82, 2.24) is 0 Å². The molecule has 0 aliphatic heterocycles. The maximum atomic E-state index is 8.88. The predicted molar refractivity (Wildman–Crippen MR) is 66.0 cm³/mol. The zero-order chi connectivity index (χ0) is 9.68. The van der Waals surface area contributed by atoms with E-state index in [1.807, 2.05) is 18.2 Å². The van der Waals surface area contributed by atoms with Gasteiger partial charge in [-0.25, -0.2) is 0 Å². The number of hydrogen-bond acceptors (Lipinski definition) is 1. The highest BCUT2D eigenvalue weighted by molar-refractivity contribution is 14.1. The summed E-state index contributed by atoms with van der Waals surface area (Å²) in [4.78, 5) is 0. The molecule has 0 radical (unpaired) electrons. The molecule has 0 heterocycles. The van der Waals surface area contributed by atoms with Crippen molar-refractivity contribution in [2.45, 2.75) is 12.8 Å². The molecule has 68 valence electrons. The average molecular weight is 350 g/mol. The van der Waals surface area contributed by atoms with Crippen LogP contribution in [0.1, 0.15) is 17.5 Å². The Labute approximate surface area is 100 Å². The van der Waals surface area contributed by atoms with Gasteiger partial charge in [0.15, 0.2) is 0 Å². The highest BCUT2D eigenvalue weighted by atomic mass is 127. The fourth-order valence-corrected chi connectivity index (χ4v) is 2.21. The molecule has 0 saturated heterocycles. The van der Waals surface area contributed by atoms with Crippen LogP contribution in [0.4, 0.5) is 0 Å². The maximum Gasteiger partial charge on any atom is 0.0994 e. The minimum atomic E-state index is 0.813. The molecule has 1 rings (SSSR count). The largest absolute Gasteiger partial charge is 0.192 e. The van der Waals surface area contributed by atoms with E-state index in [0.717, 1.165) is 23.7 Å². The molecule has 0 aromatic heterocycles. The number of nitriles is 1. The van der Waals surface area contributed by atoms with Crippen molar-refractivity contribution in [1.29, 1.82) is 5.26 Å². The second-order valence-electron chi connectivity index (χ2n) is 2.67. The lowest BCUT2D eigenvalue weighted by molar-refractivity contribution is 0.929. The van der Waals surface area contributed by atoms with Crippen LogP contribution in [-0.4, -0.2) is 5.33 Å². The SMILES string of the molecule is N#Cc1cccc(I)c1CCCBr. The van der Waals surface area contributed by atoms with E-state index in [9.17, 15) is 0 Å². The minimum absolute atomic E-state index is 0.813. The van der Waals surface area contributed by atoms with Crippen molar-refractivity contribution >= 4 is 38.5 Å². The Balaban J connectivity index is 2.95. The van der Waals surface area contributed by atoms with Crippen molar-refractivity contribution in [3.63, 3.8) is 0 Å². The third-order valence-electron chi connectivity index (χ3n) is 1.80. The average Bonchev–Trinajstić information content (AvgIpc) is 2.15. The summed E-state index contributed by atoms with van der Waals surface area (Å²) in [6.07, 6.45) is 2.06. The monoisotopic (exact) mass is 349 g/mol. The van der Waals surface area contributed by atoms with Gasteiger partial charge >= 0.3 is 0 Å². The Hall–Kier alpha value is -0.0800. The molecule has 0 aliphatic rings. The molecule has 0 saturated carbocycles. The topological polar surface area (TPSA) is 23.8 Å². The standard InChI is InChI=1S/C10H9BrIN/c11-6-2-4-9-8(7-13)3-1-5-10(9)12/h1,3,5H,2,4,6H2. The summed E-state index contributed by atoms with van der Waals surface area (Å²) in [5, 5.41) is 9.87. The van der Waals surface area contributed by atoms with Crippen LogP contribution in [-0.2, 0) is 6.42 Å². The summed E-state index contributed by atoms with van der Waals surface area (Å²) in [6.45, 7) is 0. The summed E-state index contributed by atoms with van der Waals surface area (Å²) in [7, 11) is 0. The van der Waals surface area contributed by atoms with Gasteiger partial charge in [0.25, 0.3) is 0 Å². The quantitative estimate of drug-likeness (QED) is 0.605. The van der Waals surface area contributed by atoms with Crippen LogP contribution < -0.4 is 0 Å². The maximum absolute atomic E-state index is 8.88. The summed E-state index contributed by atoms with van der Waals surface area (Å²) in [5.74, 6) is 0.